The Morgan fingerprint density at radius 3 is 2.67 bits per heavy atom. The van der Waals surface area contributed by atoms with Gasteiger partial charge >= 0.3 is 0 Å². The molecule has 0 bridgehead atoms. The third-order valence-corrected chi connectivity index (χ3v) is 1.49. The van der Waals surface area contributed by atoms with Crippen LogP contribution in [0.1, 0.15) is 22.8 Å². The van der Waals surface area contributed by atoms with Crippen LogP contribution >= 0.6 is 0 Å². The van der Waals surface area contributed by atoms with Crippen LogP contribution in [-0.4, -0.2) is 5.78 Å². The van der Waals surface area contributed by atoms with E-state index >= 15 is 0 Å². The summed E-state index contributed by atoms with van der Waals surface area (Å²) in [5.41, 5.74) is -0.0394. The Morgan fingerprint density at radius 2 is 2.25 bits per heavy atom. The molecule has 0 aromatic heterocycles. The van der Waals surface area contributed by atoms with E-state index in [-0.39, 0.29) is 11.1 Å². The molecule has 1 rings (SSSR count). The number of nitriles is 1. The van der Waals surface area contributed by atoms with Crippen LogP contribution in [0.15, 0.2) is 18.2 Å². The summed E-state index contributed by atoms with van der Waals surface area (Å²) in [5.74, 6) is -1.06. The fraction of sp³-hybridized carbons (Fsp3) is 0.111. The number of hydrogen-bond acceptors (Lipinski definition) is 2. The molecule has 0 spiro atoms. The van der Waals surface area contributed by atoms with Crippen LogP contribution in [0.5, 0.6) is 0 Å². The molecule has 0 aliphatic heterocycles. The normalized spacial score (nSPS) is 9.08. The summed E-state index contributed by atoms with van der Waals surface area (Å²) in [6.45, 7) is 1.24. The van der Waals surface area contributed by atoms with Gasteiger partial charge in [0.1, 0.15) is 5.82 Å². The van der Waals surface area contributed by atoms with Crippen LogP contribution in [0.25, 0.3) is 0 Å². The largest absolute Gasteiger partial charge is 0.294 e. The van der Waals surface area contributed by atoms with Crippen molar-refractivity contribution in [3.05, 3.63) is 35.1 Å². The average molecular weight is 163 g/mol. The van der Waals surface area contributed by atoms with E-state index in [1.54, 1.807) is 6.07 Å². The van der Waals surface area contributed by atoms with E-state index < -0.39 is 11.6 Å². The van der Waals surface area contributed by atoms with Crippen LogP contribution in [0.4, 0.5) is 4.39 Å². The number of carbonyl (C=O) groups is 1. The number of benzene rings is 1. The maximum atomic E-state index is 12.9. The lowest BCUT2D eigenvalue weighted by atomic mass is 10.1. The minimum Gasteiger partial charge on any atom is -0.294 e. The Hall–Kier alpha value is -1.69. The summed E-state index contributed by atoms with van der Waals surface area (Å²) in [6.07, 6.45) is 0. The van der Waals surface area contributed by atoms with Crippen molar-refractivity contribution >= 4 is 5.78 Å². The SMILES string of the molecule is CC(=O)c1c(F)cccc1C#N. The van der Waals surface area contributed by atoms with E-state index in [0.29, 0.717) is 0 Å². The second kappa shape index (κ2) is 3.14. The highest BCUT2D eigenvalue weighted by Gasteiger charge is 2.11. The minimum atomic E-state index is -0.637. The monoisotopic (exact) mass is 163 g/mol. The summed E-state index contributed by atoms with van der Waals surface area (Å²) in [6, 6.07) is 5.74. The van der Waals surface area contributed by atoms with E-state index in [1.807, 2.05) is 0 Å². The lowest BCUT2D eigenvalue weighted by molar-refractivity contribution is 0.101. The summed E-state index contributed by atoms with van der Waals surface area (Å²) in [7, 11) is 0. The standard InChI is InChI=1S/C9H6FNO/c1-6(12)9-7(5-11)3-2-4-8(9)10/h2-4H,1H3. The number of nitrogens with zero attached hydrogens (tertiary/aromatic N) is 1. The zero-order valence-corrected chi connectivity index (χ0v) is 6.47. The van der Waals surface area contributed by atoms with E-state index in [0.717, 1.165) is 6.07 Å². The Labute approximate surface area is 69.2 Å². The number of ketones is 1. The molecule has 1 aromatic carbocycles. The molecule has 0 aliphatic rings. The van der Waals surface area contributed by atoms with E-state index in [2.05, 4.69) is 0 Å². The summed E-state index contributed by atoms with van der Waals surface area (Å²) in [4.78, 5) is 10.9. The van der Waals surface area contributed by atoms with Gasteiger partial charge in [-0.2, -0.15) is 5.26 Å². The molecule has 2 nitrogen and oxygen atoms in total. The molecule has 0 atom stereocenters. The summed E-state index contributed by atoms with van der Waals surface area (Å²) < 4.78 is 12.9. The molecular formula is C9H6FNO. The molecule has 0 unspecified atom stereocenters. The van der Waals surface area contributed by atoms with Gasteiger partial charge in [-0.15, -0.1) is 0 Å². The number of carbonyl (C=O) groups excluding carboxylic acids is 1. The van der Waals surface area contributed by atoms with Crippen LogP contribution in [0.2, 0.25) is 0 Å². The van der Waals surface area contributed by atoms with Crippen LogP contribution in [0.3, 0.4) is 0 Å². The van der Waals surface area contributed by atoms with Crippen LogP contribution < -0.4 is 0 Å². The fourth-order valence-corrected chi connectivity index (χ4v) is 0.975. The third-order valence-electron chi connectivity index (χ3n) is 1.49. The summed E-state index contributed by atoms with van der Waals surface area (Å²) in [5, 5.41) is 8.52. The number of rotatable bonds is 1. The van der Waals surface area contributed by atoms with Crippen LogP contribution in [0, 0.1) is 17.1 Å². The highest BCUT2D eigenvalue weighted by atomic mass is 19.1. The molecule has 0 radical (unpaired) electrons. The Bertz CT molecular complexity index is 365. The van der Waals surface area contributed by atoms with Crippen molar-refractivity contribution in [2.24, 2.45) is 0 Å². The van der Waals surface area contributed by atoms with Gasteiger partial charge in [0.05, 0.1) is 17.2 Å². The Kier molecular flexibility index (Phi) is 2.20. The maximum absolute atomic E-state index is 12.9. The Balaban J connectivity index is 3.42. The van der Waals surface area contributed by atoms with Gasteiger partial charge in [0.15, 0.2) is 5.78 Å². The lowest BCUT2D eigenvalue weighted by Gasteiger charge is -1.98. The smallest absolute Gasteiger partial charge is 0.164 e. The first-order valence-electron chi connectivity index (χ1n) is 3.36. The molecule has 0 N–H and O–H groups in total. The van der Waals surface area contributed by atoms with Crippen molar-refractivity contribution in [3.8, 4) is 6.07 Å². The first-order chi connectivity index (χ1) is 5.66. The summed E-state index contributed by atoms with van der Waals surface area (Å²) >= 11 is 0. The number of Topliss-reactive ketones (excluding diaryl/α,β-unsaturated/α-hetero) is 1. The van der Waals surface area contributed by atoms with Gasteiger partial charge in [-0.1, -0.05) is 6.07 Å². The second-order valence-electron chi connectivity index (χ2n) is 2.33. The van der Waals surface area contributed by atoms with Gasteiger partial charge in [0, 0.05) is 0 Å². The number of halogens is 1. The molecular weight excluding hydrogens is 157 g/mol. The molecule has 60 valence electrons. The number of hydrogen-bond donors (Lipinski definition) is 0. The van der Waals surface area contributed by atoms with Crippen molar-refractivity contribution in [2.75, 3.05) is 0 Å². The Morgan fingerprint density at radius 1 is 1.58 bits per heavy atom. The molecule has 0 saturated heterocycles. The van der Waals surface area contributed by atoms with Crippen molar-refractivity contribution in [3.63, 3.8) is 0 Å². The van der Waals surface area contributed by atoms with Crippen molar-refractivity contribution < 1.29 is 9.18 Å². The van der Waals surface area contributed by atoms with Crippen molar-refractivity contribution in [2.45, 2.75) is 6.92 Å². The first-order valence-corrected chi connectivity index (χ1v) is 3.36. The molecule has 0 amide bonds. The van der Waals surface area contributed by atoms with Gasteiger partial charge in [0.25, 0.3) is 0 Å². The predicted molar refractivity (Wildman–Crippen MR) is 41.1 cm³/mol. The topological polar surface area (TPSA) is 40.9 Å². The molecule has 0 saturated carbocycles. The molecule has 3 heteroatoms. The molecule has 12 heavy (non-hydrogen) atoms. The highest BCUT2D eigenvalue weighted by Crippen LogP contribution is 2.12. The zero-order valence-electron chi connectivity index (χ0n) is 6.47. The van der Waals surface area contributed by atoms with Gasteiger partial charge in [-0.3, -0.25) is 4.79 Å². The van der Waals surface area contributed by atoms with Gasteiger partial charge in [-0.25, -0.2) is 4.39 Å². The van der Waals surface area contributed by atoms with Crippen LogP contribution in [-0.2, 0) is 0 Å². The predicted octanol–water partition coefficient (Wildman–Crippen LogP) is 1.90. The van der Waals surface area contributed by atoms with Crippen molar-refractivity contribution in [1.82, 2.24) is 0 Å². The average Bonchev–Trinajstić information content (AvgIpc) is 2.03. The van der Waals surface area contributed by atoms with Gasteiger partial charge in [-0.05, 0) is 19.1 Å². The quantitative estimate of drug-likeness (QED) is 0.593. The zero-order chi connectivity index (χ0) is 9.14. The lowest BCUT2D eigenvalue weighted by Crippen LogP contribution is -2.00. The third kappa shape index (κ3) is 1.32. The van der Waals surface area contributed by atoms with Crippen molar-refractivity contribution in [1.29, 1.82) is 5.26 Å². The minimum absolute atomic E-state index is 0.0856. The van der Waals surface area contributed by atoms with E-state index in [4.69, 9.17) is 5.26 Å². The van der Waals surface area contributed by atoms with Gasteiger partial charge in [0.2, 0.25) is 0 Å². The highest BCUT2D eigenvalue weighted by molar-refractivity contribution is 5.96. The maximum Gasteiger partial charge on any atom is 0.164 e. The fourth-order valence-electron chi connectivity index (χ4n) is 0.975. The molecule has 0 aliphatic carbocycles. The van der Waals surface area contributed by atoms with E-state index in [1.165, 1.54) is 19.1 Å². The molecule has 1 aromatic rings. The second-order valence-corrected chi connectivity index (χ2v) is 2.33. The van der Waals surface area contributed by atoms with Gasteiger partial charge < -0.3 is 0 Å². The van der Waals surface area contributed by atoms with E-state index in [9.17, 15) is 9.18 Å². The first kappa shape index (κ1) is 8.41. The molecule has 0 heterocycles. The molecule has 0 fully saturated rings.